The van der Waals surface area contributed by atoms with Gasteiger partial charge in [-0.15, -0.1) is 0 Å². The van der Waals surface area contributed by atoms with Crippen molar-refractivity contribution in [3.63, 3.8) is 0 Å². The second kappa shape index (κ2) is 9.37. The fraction of sp³-hybridized carbons (Fsp3) is 0.273. The number of thiocarbonyl (C=S) groups is 1. The molecule has 0 saturated carbocycles. The molecule has 0 radical (unpaired) electrons. The van der Waals surface area contributed by atoms with Gasteiger partial charge in [-0.25, -0.2) is 0 Å². The van der Waals surface area contributed by atoms with Crippen molar-refractivity contribution in [3.8, 4) is 5.75 Å². The van der Waals surface area contributed by atoms with E-state index in [0.717, 1.165) is 35.2 Å². The third-order valence-corrected chi connectivity index (χ3v) is 4.94. The van der Waals surface area contributed by atoms with E-state index >= 15 is 0 Å². The predicted molar refractivity (Wildman–Crippen MR) is 120 cm³/mol. The number of hydrazone groups is 1. The third kappa shape index (κ3) is 4.70. The Morgan fingerprint density at radius 3 is 2.79 bits per heavy atom. The molecule has 1 atom stereocenters. The molecule has 3 N–H and O–H groups in total. The molecule has 1 aromatic heterocycles. The number of hydrogen-bond donors (Lipinski definition) is 2. The Kier molecular flexibility index (Phi) is 6.66. The first-order chi connectivity index (χ1) is 13.6. The van der Waals surface area contributed by atoms with Crippen molar-refractivity contribution in [2.24, 2.45) is 10.8 Å². The average molecular weight is 395 g/mol. The van der Waals surface area contributed by atoms with E-state index in [-0.39, 0.29) is 5.11 Å². The van der Waals surface area contributed by atoms with E-state index in [2.05, 4.69) is 65.5 Å². The number of nitrogens with two attached hydrogens (primary N) is 1. The molecule has 0 aliphatic rings. The summed E-state index contributed by atoms with van der Waals surface area (Å²) in [6, 6.07) is 16.5. The Hall–Kier alpha value is -2.86. The van der Waals surface area contributed by atoms with Crippen molar-refractivity contribution in [1.82, 2.24) is 9.99 Å². The Morgan fingerprint density at radius 1 is 1.25 bits per heavy atom. The van der Waals surface area contributed by atoms with Gasteiger partial charge in [0.1, 0.15) is 12.4 Å². The number of para-hydroxylation sites is 2. The molecule has 0 aliphatic heterocycles. The maximum atomic E-state index is 6.13. The Balaban J connectivity index is 1.75. The van der Waals surface area contributed by atoms with Crippen molar-refractivity contribution in [2.75, 3.05) is 6.61 Å². The van der Waals surface area contributed by atoms with E-state index in [9.17, 15) is 0 Å². The van der Waals surface area contributed by atoms with Crippen LogP contribution in [0.1, 0.15) is 37.3 Å². The normalized spacial score (nSPS) is 12.4. The van der Waals surface area contributed by atoms with Crippen LogP contribution >= 0.6 is 12.2 Å². The van der Waals surface area contributed by atoms with Crippen molar-refractivity contribution < 1.29 is 4.74 Å². The minimum Gasteiger partial charge on any atom is -0.491 e. The summed E-state index contributed by atoms with van der Waals surface area (Å²) in [5.41, 5.74) is 11.4. The van der Waals surface area contributed by atoms with Gasteiger partial charge in [0.2, 0.25) is 0 Å². The summed E-state index contributed by atoms with van der Waals surface area (Å²) in [5, 5.41) is 5.35. The number of benzene rings is 2. The zero-order chi connectivity index (χ0) is 19.9. The molecule has 6 heteroatoms. The quantitative estimate of drug-likeness (QED) is 0.338. The highest BCUT2D eigenvalue weighted by Gasteiger charge is 2.10. The fourth-order valence-corrected chi connectivity index (χ4v) is 3.27. The van der Waals surface area contributed by atoms with Crippen LogP contribution in [0.25, 0.3) is 10.9 Å². The lowest BCUT2D eigenvalue weighted by molar-refractivity contribution is 0.296. The lowest BCUT2D eigenvalue weighted by Gasteiger charge is -2.16. The minimum atomic E-state index is 0.147. The van der Waals surface area contributed by atoms with Crippen molar-refractivity contribution in [1.29, 1.82) is 0 Å². The standard InChI is InChI=1S/C22H26N4OS/c1-3-16(2)18-8-5-7-11-21(18)27-13-12-26-15-17(14-24-25-22(23)28)19-9-4-6-10-20(19)26/h4-11,14-16H,3,12-13H2,1-2H3,(H3,23,25,28)/b24-14-/t16-/m1/s1. The summed E-state index contributed by atoms with van der Waals surface area (Å²) in [4.78, 5) is 0. The van der Waals surface area contributed by atoms with E-state index in [4.69, 9.17) is 22.7 Å². The molecule has 5 nitrogen and oxygen atoms in total. The van der Waals surface area contributed by atoms with Crippen LogP contribution in [0.15, 0.2) is 59.8 Å². The van der Waals surface area contributed by atoms with E-state index in [1.165, 1.54) is 5.56 Å². The lowest BCUT2D eigenvalue weighted by atomic mass is 9.98. The molecule has 0 spiro atoms. The molecule has 28 heavy (non-hydrogen) atoms. The molecule has 1 heterocycles. The van der Waals surface area contributed by atoms with E-state index in [1.54, 1.807) is 6.21 Å². The summed E-state index contributed by atoms with van der Waals surface area (Å²) >= 11 is 4.78. The van der Waals surface area contributed by atoms with Gasteiger partial charge < -0.3 is 15.0 Å². The first-order valence-corrected chi connectivity index (χ1v) is 9.89. The van der Waals surface area contributed by atoms with Crippen molar-refractivity contribution >= 4 is 34.4 Å². The smallest absolute Gasteiger partial charge is 0.184 e. The molecule has 0 fully saturated rings. The molecule has 0 bridgehead atoms. The summed E-state index contributed by atoms with van der Waals surface area (Å²) < 4.78 is 8.32. The molecule has 0 amide bonds. The average Bonchev–Trinajstić information content (AvgIpc) is 3.05. The van der Waals surface area contributed by atoms with Crippen LogP contribution in [0.5, 0.6) is 5.75 Å². The second-order valence-electron chi connectivity index (χ2n) is 6.72. The zero-order valence-electron chi connectivity index (χ0n) is 16.3. The van der Waals surface area contributed by atoms with Crippen LogP contribution in [0.4, 0.5) is 0 Å². The van der Waals surface area contributed by atoms with Gasteiger partial charge in [0, 0.05) is 22.7 Å². The van der Waals surface area contributed by atoms with Crippen LogP contribution in [0.3, 0.4) is 0 Å². The number of nitrogens with one attached hydrogen (secondary N) is 1. The summed E-state index contributed by atoms with van der Waals surface area (Å²) in [5.74, 6) is 1.45. The molecule has 3 rings (SSSR count). The van der Waals surface area contributed by atoms with Gasteiger partial charge in [-0.2, -0.15) is 5.10 Å². The molecule has 3 aromatic rings. The van der Waals surface area contributed by atoms with Gasteiger partial charge in [0.15, 0.2) is 5.11 Å². The molecule has 0 unspecified atom stereocenters. The summed E-state index contributed by atoms with van der Waals surface area (Å²) in [7, 11) is 0. The lowest BCUT2D eigenvalue weighted by Crippen LogP contribution is -2.23. The SMILES string of the molecule is CC[C@@H](C)c1ccccc1OCCn1cc(/C=N\NC(N)=S)c2ccccc21. The Labute approximate surface area is 171 Å². The summed E-state index contributed by atoms with van der Waals surface area (Å²) in [6.45, 7) is 5.76. The number of rotatable bonds is 8. The highest BCUT2D eigenvalue weighted by Crippen LogP contribution is 2.28. The minimum absolute atomic E-state index is 0.147. The number of ether oxygens (including phenoxy) is 1. The predicted octanol–water partition coefficient (Wildman–Crippen LogP) is 4.40. The molecular formula is C22H26N4OS. The van der Waals surface area contributed by atoms with Crippen LogP contribution in [0, 0.1) is 0 Å². The highest BCUT2D eigenvalue weighted by atomic mass is 32.1. The van der Waals surface area contributed by atoms with E-state index in [1.807, 2.05) is 18.2 Å². The van der Waals surface area contributed by atoms with Crippen LogP contribution in [-0.2, 0) is 6.54 Å². The van der Waals surface area contributed by atoms with E-state index < -0.39 is 0 Å². The zero-order valence-corrected chi connectivity index (χ0v) is 17.1. The number of aromatic nitrogens is 1. The fourth-order valence-electron chi connectivity index (χ4n) is 3.22. The largest absolute Gasteiger partial charge is 0.491 e. The first-order valence-electron chi connectivity index (χ1n) is 9.48. The van der Waals surface area contributed by atoms with Gasteiger partial charge in [0.05, 0.1) is 12.8 Å². The van der Waals surface area contributed by atoms with Gasteiger partial charge in [-0.1, -0.05) is 50.2 Å². The van der Waals surface area contributed by atoms with Gasteiger partial charge in [0.25, 0.3) is 0 Å². The van der Waals surface area contributed by atoms with Crippen molar-refractivity contribution in [3.05, 3.63) is 65.9 Å². The van der Waals surface area contributed by atoms with Crippen molar-refractivity contribution in [2.45, 2.75) is 32.7 Å². The Bertz CT molecular complexity index is 980. The first kappa shape index (κ1) is 19.9. The number of nitrogens with zero attached hydrogens (tertiary/aromatic N) is 2. The van der Waals surface area contributed by atoms with E-state index in [0.29, 0.717) is 12.5 Å². The maximum absolute atomic E-state index is 6.13. The molecule has 0 saturated heterocycles. The summed E-state index contributed by atoms with van der Waals surface area (Å²) in [6.07, 6.45) is 4.89. The molecule has 0 aliphatic carbocycles. The van der Waals surface area contributed by atoms with Gasteiger partial charge in [-0.3, -0.25) is 5.43 Å². The molecule has 146 valence electrons. The number of fused-ring (bicyclic) bond motifs is 1. The highest BCUT2D eigenvalue weighted by molar-refractivity contribution is 7.80. The third-order valence-electron chi connectivity index (χ3n) is 4.85. The van der Waals surface area contributed by atoms with Gasteiger partial charge >= 0.3 is 0 Å². The maximum Gasteiger partial charge on any atom is 0.184 e. The number of hydrogen-bond acceptors (Lipinski definition) is 3. The van der Waals surface area contributed by atoms with Crippen LogP contribution < -0.4 is 15.9 Å². The molecule has 2 aromatic carbocycles. The molecular weight excluding hydrogens is 368 g/mol. The topological polar surface area (TPSA) is 64.6 Å². The Morgan fingerprint density at radius 2 is 2.00 bits per heavy atom. The van der Waals surface area contributed by atoms with Crippen LogP contribution in [0.2, 0.25) is 0 Å². The second-order valence-corrected chi connectivity index (χ2v) is 7.16. The van der Waals surface area contributed by atoms with Gasteiger partial charge in [-0.05, 0) is 42.3 Å². The monoisotopic (exact) mass is 394 g/mol. The van der Waals surface area contributed by atoms with Crippen LogP contribution in [-0.4, -0.2) is 22.5 Å².